The Kier molecular flexibility index (Phi) is 13.4. The van der Waals surface area contributed by atoms with Crippen molar-refractivity contribution in [2.45, 2.75) is 37.3 Å². The molecule has 15 rings (SSSR count). The fraction of sp³-hybridized carbons (Fsp3) is 0.0833. The van der Waals surface area contributed by atoms with Gasteiger partial charge in [-0.3, -0.25) is 38.4 Å². The van der Waals surface area contributed by atoms with Crippen LogP contribution in [0.2, 0.25) is 0 Å². The first kappa shape index (κ1) is 55.3. The summed E-state index contributed by atoms with van der Waals surface area (Å²) in [5.74, 6) is -4.57. The van der Waals surface area contributed by atoms with Gasteiger partial charge >= 0.3 is 23.9 Å². The molecule has 0 radical (unpaired) electrons. The lowest BCUT2D eigenvalue weighted by Crippen LogP contribution is -2.47. The van der Waals surface area contributed by atoms with Gasteiger partial charge in [-0.15, -0.1) is 0 Å². The molecular weight excluding hydrogens is 1180 g/mol. The Hall–Kier alpha value is -11.3. The lowest BCUT2D eigenvalue weighted by atomic mass is 9.76. The summed E-state index contributed by atoms with van der Waals surface area (Å²) in [6.45, 7) is -1.33. The number of esters is 4. The molecule has 0 saturated carbocycles. The number of hydrogen-bond donors (Lipinski definition) is 0. The van der Waals surface area contributed by atoms with Gasteiger partial charge in [0, 0.05) is 21.5 Å². The summed E-state index contributed by atoms with van der Waals surface area (Å²) in [5.41, 5.74) is -6.12. The summed E-state index contributed by atoms with van der Waals surface area (Å²) in [6, 6.07) is 59.0. The maximum atomic E-state index is 15.9. The molecule has 90 heavy (non-hydrogen) atoms. The molecule has 0 bridgehead atoms. The van der Waals surface area contributed by atoms with Crippen molar-refractivity contribution in [2.75, 3.05) is 0 Å². The van der Waals surface area contributed by atoms with Crippen molar-refractivity contribution in [1.29, 1.82) is 0 Å². The van der Waals surface area contributed by atoms with Crippen LogP contribution in [-0.2, 0) is 75.4 Å². The van der Waals surface area contributed by atoms with E-state index in [9.17, 15) is 19.2 Å². The number of benzene rings is 9. The lowest BCUT2D eigenvalue weighted by Gasteiger charge is -2.28. The van der Waals surface area contributed by atoms with Gasteiger partial charge in [0.1, 0.15) is 26.4 Å². The molecule has 2 aliphatic rings. The second-order valence-electron chi connectivity index (χ2n) is 21.8. The first-order chi connectivity index (χ1) is 43.9. The Morgan fingerprint density at radius 1 is 0.356 bits per heavy atom. The van der Waals surface area contributed by atoms with Gasteiger partial charge in [-0.1, -0.05) is 193 Å². The van der Waals surface area contributed by atoms with Gasteiger partial charge in [-0.05, 0) is 102 Å². The maximum absolute atomic E-state index is 15.9. The fourth-order valence-corrected chi connectivity index (χ4v) is 14.2. The van der Waals surface area contributed by atoms with E-state index in [1.807, 2.05) is 48.5 Å². The van der Waals surface area contributed by atoms with E-state index < -0.39 is 67.1 Å². The Bertz CT molecular complexity index is 4930. The van der Waals surface area contributed by atoms with Crippen LogP contribution in [0.5, 0.6) is 0 Å². The number of thiazole rings is 2. The molecule has 434 valence electrons. The van der Waals surface area contributed by atoms with Crippen molar-refractivity contribution < 1.29 is 38.1 Å². The van der Waals surface area contributed by atoms with Gasteiger partial charge in [0.05, 0.1) is 21.1 Å². The average Bonchev–Trinajstić information content (AvgIpc) is 1.51. The zero-order valence-corrected chi connectivity index (χ0v) is 48.6. The largest absolute Gasteiger partial charge is 0.459 e. The summed E-state index contributed by atoms with van der Waals surface area (Å²) >= 11 is 1.67. The third-order valence-corrected chi connectivity index (χ3v) is 18.5. The van der Waals surface area contributed by atoms with E-state index in [0.717, 1.165) is 44.2 Å². The van der Waals surface area contributed by atoms with E-state index >= 15 is 19.2 Å². The van der Waals surface area contributed by atoms with Crippen molar-refractivity contribution >= 4 is 99.9 Å². The van der Waals surface area contributed by atoms with Crippen LogP contribution in [0, 0.1) is 0 Å². The molecule has 0 unspecified atom stereocenters. The summed E-state index contributed by atoms with van der Waals surface area (Å²) in [4.78, 5) is 140. The number of hydrogen-bond acceptors (Lipinski definition) is 18. The molecule has 0 spiro atoms. The number of rotatable bonds is 14. The van der Waals surface area contributed by atoms with E-state index in [0.29, 0.717) is 22.3 Å². The van der Waals surface area contributed by atoms with Crippen molar-refractivity contribution in [3.8, 4) is 20.9 Å². The third kappa shape index (κ3) is 8.85. The van der Waals surface area contributed by atoms with Gasteiger partial charge in [0.15, 0.2) is 10.7 Å². The normalized spacial score (nSPS) is 13.2. The van der Waals surface area contributed by atoms with Gasteiger partial charge in [-0.25, -0.2) is 20.0 Å². The zero-order valence-electron chi connectivity index (χ0n) is 47.0. The minimum atomic E-state index is -2.64. The maximum Gasteiger partial charge on any atom is 0.334 e. The first-order valence-corrected chi connectivity index (χ1v) is 30.0. The van der Waals surface area contributed by atoms with Crippen molar-refractivity contribution in [3.05, 3.63) is 303 Å². The molecule has 0 aliphatic heterocycles. The monoisotopic (exact) mass is 1220 g/mol. The number of fused-ring (bicyclic) bond motifs is 10. The SMILES string of the molecule is O=C(OCc1ccccc1)C1(C(=O)OCc2ccccc2)c2cc3c(cc2-c2sc(N=c4c(=O)c5cc6ccccc6cc5c4=O)nc21)C(C(=O)OCc1ccccc1)(C(=O)OCc1ccccc1)c1nc(N=c2c(=O)c4cc5ccccc5cc4c2=O)sc1-3. The van der Waals surface area contributed by atoms with Crippen LogP contribution in [-0.4, -0.2) is 33.8 Å². The molecule has 2 aromatic heterocycles. The van der Waals surface area contributed by atoms with E-state index in [2.05, 4.69) is 9.98 Å². The van der Waals surface area contributed by atoms with Gasteiger partial charge in [0.2, 0.25) is 42.8 Å². The number of aromatic nitrogens is 2. The molecule has 13 aromatic rings. The van der Waals surface area contributed by atoms with Gasteiger partial charge in [0.25, 0.3) is 0 Å². The molecule has 2 heterocycles. The highest BCUT2D eigenvalue weighted by atomic mass is 32.1. The number of carbonyl (C=O) groups is 4. The minimum Gasteiger partial charge on any atom is -0.459 e. The molecule has 11 aromatic carbocycles. The predicted molar refractivity (Wildman–Crippen MR) is 338 cm³/mol. The van der Waals surface area contributed by atoms with Crippen LogP contribution < -0.4 is 32.4 Å². The minimum absolute atomic E-state index is 0.0561. The van der Waals surface area contributed by atoms with Crippen molar-refractivity contribution in [2.24, 2.45) is 9.98 Å². The molecule has 0 saturated heterocycles. The zero-order chi connectivity index (χ0) is 61.4. The Labute approximate surface area is 515 Å². The number of ether oxygens (including phenoxy) is 4. The number of nitrogens with zero attached hydrogens (tertiary/aromatic N) is 4. The second kappa shape index (κ2) is 21.8. The Balaban J connectivity index is 0.990. The molecule has 0 N–H and O–H groups in total. The first-order valence-electron chi connectivity index (χ1n) is 28.4. The van der Waals surface area contributed by atoms with E-state index in [-0.39, 0.29) is 102 Å². The molecule has 16 nitrogen and oxygen atoms in total. The lowest BCUT2D eigenvalue weighted by molar-refractivity contribution is -0.166. The summed E-state index contributed by atoms with van der Waals surface area (Å²) in [7, 11) is 0. The highest BCUT2D eigenvalue weighted by molar-refractivity contribution is 7.19. The molecule has 0 fully saturated rings. The standard InChI is InChI=1S/C72H42N4O12S2/c77-57-47-29-43-25-13-14-26-44(43)30-48(47)58(78)55(57)73-69-75-63-61(89-69)51-34-54-52(33-53(51)71(63,65(81)85-35-39-17-5-1-6-18-39)66(82)86-36-40-19-7-2-8-20-40)62-64(76-70(90-62)74-56-59(79)49-31-45-27-15-16-28-46(45)32-50(49)60(56)80)72(54,67(83)87-37-41-21-9-3-10-22-41)68(84)88-38-42-23-11-4-12-24-42/h1-34H,35-38H2. The topological polar surface area (TPSA) is 224 Å². The van der Waals surface area contributed by atoms with Crippen LogP contribution in [0.15, 0.2) is 235 Å². The molecule has 2 aliphatic carbocycles. The molecule has 0 atom stereocenters. The van der Waals surface area contributed by atoms with Gasteiger partial charge < -0.3 is 18.9 Å². The average molecular weight is 1220 g/mol. The third-order valence-electron chi connectivity index (χ3n) is 16.5. The van der Waals surface area contributed by atoms with E-state index in [4.69, 9.17) is 28.9 Å². The smallest absolute Gasteiger partial charge is 0.334 e. The van der Waals surface area contributed by atoms with Crippen LogP contribution >= 0.6 is 22.7 Å². The van der Waals surface area contributed by atoms with Crippen LogP contribution in [0.25, 0.3) is 64.0 Å². The highest BCUT2D eigenvalue weighted by Crippen LogP contribution is 2.61. The van der Waals surface area contributed by atoms with E-state index in [1.165, 1.54) is 12.1 Å². The van der Waals surface area contributed by atoms with E-state index in [1.54, 1.807) is 146 Å². The van der Waals surface area contributed by atoms with Crippen LogP contribution in [0.4, 0.5) is 10.3 Å². The van der Waals surface area contributed by atoms with Gasteiger partial charge in [-0.2, -0.15) is 0 Å². The molecule has 18 heteroatoms. The Morgan fingerprint density at radius 3 is 0.878 bits per heavy atom. The fourth-order valence-electron chi connectivity index (χ4n) is 12.1. The molecule has 0 amide bonds. The van der Waals surface area contributed by atoms with Crippen molar-refractivity contribution in [1.82, 2.24) is 9.97 Å². The summed E-state index contributed by atoms with van der Waals surface area (Å²) < 4.78 is 24.8. The van der Waals surface area contributed by atoms with Crippen LogP contribution in [0.1, 0.15) is 44.8 Å². The highest BCUT2D eigenvalue weighted by Gasteiger charge is 2.65. The quantitative estimate of drug-likeness (QED) is 0.0561. The Morgan fingerprint density at radius 2 is 0.611 bits per heavy atom. The second-order valence-corrected chi connectivity index (χ2v) is 23.7. The van der Waals surface area contributed by atoms with Crippen LogP contribution in [0.3, 0.4) is 0 Å². The molecular formula is C72H42N4O12S2. The predicted octanol–water partition coefficient (Wildman–Crippen LogP) is 10.4. The van der Waals surface area contributed by atoms with Crippen molar-refractivity contribution in [3.63, 3.8) is 0 Å². The summed E-state index contributed by atoms with van der Waals surface area (Å²) in [6.07, 6.45) is 0. The summed E-state index contributed by atoms with van der Waals surface area (Å²) in [5, 5.41) is 2.11. The number of carbonyl (C=O) groups excluding carboxylic acids is 4.